The van der Waals surface area contributed by atoms with Gasteiger partial charge < -0.3 is 10.4 Å². The number of amides is 1. The Morgan fingerprint density at radius 2 is 2.05 bits per heavy atom. The van der Waals surface area contributed by atoms with E-state index in [-0.39, 0.29) is 12.5 Å². The average molecular weight is 328 g/mol. The molecule has 0 aliphatic carbocycles. The van der Waals surface area contributed by atoms with Crippen LogP contribution in [0.5, 0.6) is 0 Å². The second kappa shape index (κ2) is 12.0. The van der Waals surface area contributed by atoms with Gasteiger partial charge in [-0.05, 0) is 24.8 Å². The van der Waals surface area contributed by atoms with E-state index in [1.54, 1.807) is 0 Å². The topological polar surface area (TPSA) is 49.3 Å². The molecular formula is C16H25NO2S2. The lowest BCUT2D eigenvalue weighted by molar-refractivity contribution is -0.121. The Morgan fingerprint density at radius 1 is 1.29 bits per heavy atom. The molecule has 1 unspecified atom stereocenters. The first-order chi connectivity index (χ1) is 10.2. The smallest absolute Gasteiger partial charge is 0.220 e. The first kappa shape index (κ1) is 18.4. The minimum atomic E-state index is 0.122. The minimum absolute atomic E-state index is 0.122. The third-order valence-corrected chi connectivity index (χ3v) is 6.03. The molecule has 2 N–H and O–H groups in total. The van der Waals surface area contributed by atoms with Crippen LogP contribution in [-0.2, 0) is 11.3 Å². The van der Waals surface area contributed by atoms with E-state index < -0.39 is 0 Å². The molecule has 3 nitrogen and oxygen atoms in total. The molecule has 0 aliphatic rings. The SMILES string of the molecule is CC(CCC(=O)NCc1ccccc1)SSCCCCO. The predicted molar refractivity (Wildman–Crippen MR) is 93.4 cm³/mol. The van der Waals surface area contributed by atoms with E-state index in [1.165, 1.54) is 0 Å². The van der Waals surface area contributed by atoms with Gasteiger partial charge in [-0.2, -0.15) is 0 Å². The maximum Gasteiger partial charge on any atom is 0.220 e. The molecule has 1 rings (SSSR count). The summed E-state index contributed by atoms with van der Waals surface area (Å²) in [4.78, 5) is 11.8. The Hall–Kier alpha value is -0.650. The molecule has 0 fully saturated rings. The zero-order valence-electron chi connectivity index (χ0n) is 12.6. The van der Waals surface area contributed by atoms with Crippen LogP contribution >= 0.6 is 21.6 Å². The summed E-state index contributed by atoms with van der Waals surface area (Å²) in [5.74, 6) is 1.19. The van der Waals surface area contributed by atoms with Crippen LogP contribution in [0.1, 0.15) is 38.2 Å². The number of carbonyl (C=O) groups is 1. The summed E-state index contributed by atoms with van der Waals surface area (Å²) in [5.41, 5.74) is 1.13. The largest absolute Gasteiger partial charge is 0.396 e. The van der Waals surface area contributed by atoms with E-state index in [0.29, 0.717) is 18.2 Å². The van der Waals surface area contributed by atoms with Gasteiger partial charge in [0.25, 0.3) is 0 Å². The molecule has 5 heteroatoms. The average Bonchev–Trinajstić information content (AvgIpc) is 2.51. The van der Waals surface area contributed by atoms with Gasteiger partial charge in [-0.15, -0.1) is 0 Å². The van der Waals surface area contributed by atoms with Crippen LogP contribution in [0.2, 0.25) is 0 Å². The molecule has 0 aromatic heterocycles. The van der Waals surface area contributed by atoms with Gasteiger partial charge in [-0.1, -0.05) is 58.8 Å². The predicted octanol–water partition coefficient (Wildman–Crippen LogP) is 3.63. The van der Waals surface area contributed by atoms with Gasteiger partial charge in [0.05, 0.1) is 0 Å². The zero-order valence-corrected chi connectivity index (χ0v) is 14.2. The van der Waals surface area contributed by atoms with Crippen molar-refractivity contribution in [3.05, 3.63) is 35.9 Å². The molecule has 1 atom stereocenters. The van der Waals surface area contributed by atoms with Crippen molar-refractivity contribution >= 4 is 27.5 Å². The fourth-order valence-electron chi connectivity index (χ4n) is 1.70. The van der Waals surface area contributed by atoms with Crippen LogP contribution in [0, 0.1) is 0 Å². The van der Waals surface area contributed by atoms with Crippen molar-refractivity contribution in [1.29, 1.82) is 0 Å². The molecule has 0 aliphatic heterocycles. The number of benzene rings is 1. The summed E-state index contributed by atoms with van der Waals surface area (Å²) in [7, 11) is 3.68. The van der Waals surface area contributed by atoms with Gasteiger partial charge in [0, 0.05) is 30.6 Å². The molecule has 0 saturated carbocycles. The molecule has 0 saturated heterocycles. The maximum atomic E-state index is 11.8. The standard InChI is InChI=1S/C16H25NO2S2/c1-14(21-20-12-6-5-11-18)9-10-16(19)17-13-15-7-3-2-4-8-15/h2-4,7-8,14,18H,5-6,9-13H2,1H3,(H,17,19). The van der Waals surface area contributed by atoms with Crippen LogP contribution < -0.4 is 5.32 Å². The van der Waals surface area contributed by atoms with Crippen molar-refractivity contribution in [3.8, 4) is 0 Å². The second-order valence-corrected chi connectivity index (χ2v) is 7.89. The highest BCUT2D eigenvalue weighted by atomic mass is 33.1. The molecule has 0 bridgehead atoms. The van der Waals surface area contributed by atoms with Crippen molar-refractivity contribution in [1.82, 2.24) is 5.32 Å². The van der Waals surface area contributed by atoms with Gasteiger partial charge in [0.1, 0.15) is 0 Å². The van der Waals surface area contributed by atoms with E-state index in [2.05, 4.69) is 12.2 Å². The van der Waals surface area contributed by atoms with Gasteiger partial charge in [0.15, 0.2) is 0 Å². The normalized spacial score (nSPS) is 12.1. The summed E-state index contributed by atoms with van der Waals surface area (Å²) in [5, 5.41) is 12.1. The maximum absolute atomic E-state index is 11.8. The minimum Gasteiger partial charge on any atom is -0.396 e. The monoisotopic (exact) mass is 327 g/mol. The van der Waals surface area contributed by atoms with Crippen LogP contribution in [0.3, 0.4) is 0 Å². The summed E-state index contributed by atoms with van der Waals surface area (Å²) in [6.07, 6.45) is 3.42. The van der Waals surface area contributed by atoms with Crippen molar-refractivity contribution < 1.29 is 9.90 Å². The number of hydrogen-bond donors (Lipinski definition) is 2. The third-order valence-electron chi connectivity index (χ3n) is 2.98. The number of aliphatic hydroxyl groups is 1. The second-order valence-electron chi connectivity index (χ2n) is 4.96. The lowest BCUT2D eigenvalue weighted by atomic mass is 10.2. The Bertz CT molecular complexity index is 387. The van der Waals surface area contributed by atoms with Gasteiger partial charge in [-0.3, -0.25) is 4.79 Å². The van der Waals surface area contributed by atoms with Crippen LogP contribution in [0.25, 0.3) is 0 Å². The molecule has 0 heterocycles. The number of hydrogen-bond acceptors (Lipinski definition) is 4. The summed E-state index contributed by atoms with van der Waals surface area (Å²) >= 11 is 0. The van der Waals surface area contributed by atoms with Gasteiger partial charge in [0.2, 0.25) is 5.91 Å². The highest BCUT2D eigenvalue weighted by Gasteiger charge is 2.07. The van der Waals surface area contributed by atoms with E-state index in [4.69, 9.17) is 5.11 Å². The highest BCUT2D eigenvalue weighted by molar-refractivity contribution is 8.76. The summed E-state index contributed by atoms with van der Waals surface area (Å²) in [6, 6.07) is 9.97. The van der Waals surface area contributed by atoms with E-state index >= 15 is 0 Å². The van der Waals surface area contributed by atoms with Crippen LogP contribution in [-0.4, -0.2) is 28.6 Å². The first-order valence-corrected chi connectivity index (χ1v) is 9.80. The van der Waals surface area contributed by atoms with Crippen molar-refractivity contribution in [3.63, 3.8) is 0 Å². The quantitative estimate of drug-likeness (QED) is 0.481. The van der Waals surface area contributed by atoms with Crippen molar-refractivity contribution in [2.45, 2.75) is 44.4 Å². The highest BCUT2D eigenvalue weighted by Crippen LogP contribution is 2.29. The van der Waals surface area contributed by atoms with Crippen LogP contribution in [0.15, 0.2) is 30.3 Å². The molecular weight excluding hydrogens is 302 g/mol. The lowest BCUT2D eigenvalue weighted by Crippen LogP contribution is -2.23. The molecule has 0 spiro atoms. The number of nitrogens with one attached hydrogen (secondary N) is 1. The number of rotatable bonds is 11. The molecule has 1 amide bonds. The molecule has 1 aromatic carbocycles. The number of carbonyl (C=O) groups excluding carboxylic acids is 1. The fourth-order valence-corrected chi connectivity index (χ4v) is 4.20. The van der Waals surface area contributed by atoms with Crippen molar-refractivity contribution in [2.75, 3.05) is 12.4 Å². The Labute approximate surface area is 135 Å². The Morgan fingerprint density at radius 3 is 2.76 bits per heavy atom. The number of aliphatic hydroxyl groups excluding tert-OH is 1. The van der Waals surface area contributed by atoms with E-state index in [1.807, 2.05) is 51.9 Å². The van der Waals surface area contributed by atoms with E-state index in [0.717, 1.165) is 30.6 Å². The summed E-state index contributed by atoms with van der Waals surface area (Å²) < 4.78 is 0. The third kappa shape index (κ3) is 9.82. The molecule has 1 aromatic rings. The fraction of sp³-hybridized carbons (Fsp3) is 0.562. The van der Waals surface area contributed by atoms with Crippen molar-refractivity contribution in [2.24, 2.45) is 0 Å². The summed E-state index contributed by atoms with van der Waals surface area (Å²) in [6.45, 7) is 3.05. The van der Waals surface area contributed by atoms with Crippen LogP contribution in [0.4, 0.5) is 0 Å². The number of unbranched alkanes of at least 4 members (excludes halogenated alkanes) is 1. The zero-order chi connectivity index (χ0) is 15.3. The Kier molecular flexibility index (Phi) is 10.5. The Balaban J connectivity index is 2.04. The van der Waals surface area contributed by atoms with Gasteiger partial charge in [-0.25, -0.2) is 0 Å². The molecule has 21 heavy (non-hydrogen) atoms. The first-order valence-electron chi connectivity index (χ1n) is 7.42. The lowest BCUT2D eigenvalue weighted by Gasteiger charge is -2.10. The molecule has 0 radical (unpaired) electrons. The van der Waals surface area contributed by atoms with E-state index in [9.17, 15) is 4.79 Å². The molecule has 118 valence electrons. The van der Waals surface area contributed by atoms with Gasteiger partial charge >= 0.3 is 0 Å².